The summed E-state index contributed by atoms with van der Waals surface area (Å²) in [4.78, 5) is 29.6. The molecule has 0 amide bonds. The van der Waals surface area contributed by atoms with Crippen LogP contribution in [0.3, 0.4) is 0 Å². The maximum absolute atomic E-state index is 13.3. The number of aliphatic hydroxyl groups is 2. The summed E-state index contributed by atoms with van der Waals surface area (Å²) >= 11 is 0. The fourth-order valence-corrected chi connectivity index (χ4v) is 3.51. The number of aromatic nitrogens is 6. The third-order valence-electron chi connectivity index (χ3n) is 5.07. The molecule has 1 fully saturated rings. The number of hydrogen-bond acceptors (Lipinski definition) is 8. The molecule has 11 nitrogen and oxygen atoms in total. The van der Waals surface area contributed by atoms with Gasteiger partial charge in [0.2, 0.25) is 0 Å². The quantitative estimate of drug-likeness (QED) is 0.516. The van der Waals surface area contributed by atoms with Gasteiger partial charge in [-0.3, -0.25) is 18.9 Å². The Balaban J connectivity index is 1.59. The van der Waals surface area contributed by atoms with Crippen molar-refractivity contribution in [3.8, 4) is 0 Å². The highest BCUT2D eigenvalue weighted by Crippen LogP contribution is 2.27. The van der Waals surface area contributed by atoms with Crippen molar-refractivity contribution in [3.63, 3.8) is 0 Å². The minimum atomic E-state index is -0.918. The lowest BCUT2D eigenvalue weighted by atomic mass is 10.2. The fourth-order valence-electron chi connectivity index (χ4n) is 3.51. The van der Waals surface area contributed by atoms with E-state index in [-0.39, 0.29) is 26.1 Å². The molecule has 0 aliphatic carbocycles. The Labute approximate surface area is 175 Å². The molecule has 3 aromatic heterocycles. The molecular weight excluding hydrogens is 411 g/mol. The van der Waals surface area contributed by atoms with E-state index in [9.17, 15) is 24.2 Å². The first-order valence-corrected chi connectivity index (χ1v) is 9.62. The third-order valence-corrected chi connectivity index (χ3v) is 5.07. The molecule has 12 heteroatoms. The molecule has 0 spiro atoms. The standard InChI is InChI=1S/C19H21FN6O5/c1-11-6-25(17-5-15(28)16(10-27)31-17)19(30)26(18(11)29)9-14-8-24(23-22-14)7-13-4-12(20)2-3-21-13/h2-4,6,8,15-17,27-28H,5,7,9-10H2,1H3/t15-,16+,17?/m0/s1. The molecule has 1 aliphatic rings. The minimum Gasteiger partial charge on any atom is -0.394 e. The number of nitrogens with zero attached hydrogens (tertiary/aromatic N) is 6. The summed E-state index contributed by atoms with van der Waals surface area (Å²) in [5.74, 6) is -0.417. The van der Waals surface area contributed by atoms with Crippen molar-refractivity contribution in [3.05, 3.63) is 74.3 Å². The molecule has 0 saturated carbocycles. The first-order chi connectivity index (χ1) is 14.9. The van der Waals surface area contributed by atoms with Crippen molar-refractivity contribution in [1.82, 2.24) is 29.1 Å². The van der Waals surface area contributed by atoms with Gasteiger partial charge in [0.05, 0.1) is 37.7 Å². The minimum absolute atomic E-state index is 0.111. The Morgan fingerprint density at radius 1 is 1.26 bits per heavy atom. The fraction of sp³-hybridized carbons (Fsp3) is 0.421. The molecule has 3 aromatic rings. The van der Waals surface area contributed by atoms with Gasteiger partial charge in [0, 0.05) is 24.4 Å². The van der Waals surface area contributed by atoms with Crippen LogP contribution < -0.4 is 11.2 Å². The van der Waals surface area contributed by atoms with Crippen LogP contribution in [0.15, 0.2) is 40.3 Å². The molecule has 4 rings (SSSR count). The lowest BCUT2D eigenvalue weighted by molar-refractivity contribution is -0.0463. The molecule has 0 radical (unpaired) electrons. The van der Waals surface area contributed by atoms with Crippen LogP contribution in [0.1, 0.15) is 29.6 Å². The van der Waals surface area contributed by atoms with Crippen LogP contribution in [0.5, 0.6) is 0 Å². The van der Waals surface area contributed by atoms with Crippen LogP contribution in [0.2, 0.25) is 0 Å². The van der Waals surface area contributed by atoms with E-state index in [1.54, 1.807) is 13.1 Å². The maximum atomic E-state index is 13.3. The number of halogens is 1. The lowest BCUT2D eigenvalue weighted by Gasteiger charge is -2.17. The van der Waals surface area contributed by atoms with Gasteiger partial charge in [-0.25, -0.2) is 13.9 Å². The zero-order valence-electron chi connectivity index (χ0n) is 16.6. The van der Waals surface area contributed by atoms with Crippen molar-refractivity contribution in [2.75, 3.05) is 6.61 Å². The molecule has 164 valence electrons. The van der Waals surface area contributed by atoms with Gasteiger partial charge < -0.3 is 14.9 Å². The SMILES string of the molecule is Cc1cn(C2C[C@H](O)[C@@H](CO)O2)c(=O)n(Cc2cn(Cc3cc(F)ccn3)nn2)c1=O. The zero-order chi connectivity index (χ0) is 22.1. The van der Waals surface area contributed by atoms with Gasteiger partial charge in [-0.1, -0.05) is 5.21 Å². The molecule has 0 bridgehead atoms. The Morgan fingerprint density at radius 2 is 2.06 bits per heavy atom. The molecule has 0 aromatic carbocycles. The van der Waals surface area contributed by atoms with E-state index in [0.717, 1.165) is 4.57 Å². The maximum Gasteiger partial charge on any atom is 0.333 e. The number of aliphatic hydroxyl groups excluding tert-OH is 2. The molecule has 3 atom stereocenters. The van der Waals surface area contributed by atoms with Crippen molar-refractivity contribution in [2.45, 2.75) is 44.9 Å². The molecular formula is C19H21FN6O5. The predicted molar refractivity (Wildman–Crippen MR) is 104 cm³/mol. The summed E-state index contributed by atoms with van der Waals surface area (Å²) in [6.45, 7) is 1.23. The van der Waals surface area contributed by atoms with E-state index in [1.165, 1.54) is 33.8 Å². The van der Waals surface area contributed by atoms with Gasteiger partial charge >= 0.3 is 5.69 Å². The number of pyridine rings is 1. The lowest BCUT2D eigenvalue weighted by Crippen LogP contribution is -2.42. The largest absolute Gasteiger partial charge is 0.394 e. The van der Waals surface area contributed by atoms with E-state index in [4.69, 9.17) is 4.74 Å². The summed E-state index contributed by atoms with van der Waals surface area (Å²) in [7, 11) is 0. The van der Waals surface area contributed by atoms with Gasteiger partial charge in [0.25, 0.3) is 5.56 Å². The van der Waals surface area contributed by atoms with Crippen LogP contribution in [-0.4, -0.2) is 58.1 Å². The van der Waals surface area contributed by atoms with Crippen LogP contribution >= 0.6 is 0 Å². The second-order valence-corrected chi connectivity index (χ2v) is 7.38. The molecule has 4 heterocycles. The summed E-state index contributed by atoms with van der Waals surface area (Å²) in [5.41, 5.74) is -0.00986. The van der Waals surface area contributed by atoms with Crippen molar-refractivity contribution < 1.29 is 19.3 Å². The Hall–Kier alpha value is -3.22. The second-order valence-electron chi connectivity index (χ2n) is 7.38. The van der Waals surface area contributed by atoms with Crippen molar-refractivity contribution in [1.29, 1.82) is 0 Å². The zero-order valence-corrected chi connectivity index (χ0v) is 16.6. The summed E-state index contributed by atoms with van der Waals surface area (Å²) in [6, 6.07) is 2.52. The van der Waals surface area contributed by atoms with Gasteiger partial charge in [-0.05, 0) is 19.1 Å². The number of rotatable bonds is 6. The van der Waals surface area contributed by atoms with E-state index in [1.807, 2.05) is 0 Å². The van der Waals surface area contributed by atoms with E-state index >= 15 is 0 Å². The molecule has 1 aliphatic heterocycles. The summed E-state index contributed by atoms with van der Waals surface area (Å²) in [5, 5.41) is 27.2. The van der Waals surface area contributed by atoms with Gasteiger partial charge in [-0.2, -0.15) is 0 Å². The molecule has 1 saturated heterocycles. The highest BCUT2D eigenvalue weighted by Gasteiger charge is 2.35. The van der Waals surface area contributed by atoms with Crippen LogP contribution in [0.4, 0.5) is 4.39 Å². The monoisotopic (exact) mass is 432 g/mol. The third kappa shape index (κ3) is 4.31. The highest BCUT2D eigenvalue weighted by molar-refractivity contribution is 5.08. The van der Waals surface area contributed by atoms with E-state index < -0.39 is 35.5 Å². The molecule has 2 N–H and O–H groups in total. The molecule has 1 unspecified atom stereocenters. The Kier molecular flexibility index (Phi) is 5.76. The van der Waals surface area contributed by atoms with E-state index in [0.29, 0.717) is 17.0 Å². The second kappa shape index (κ2) is 8.49. The predicted octanol–water partition coefficient (Wildman–Crippen LogP) is -0.819. The highest BCUT2D eigenvalue weighted by atomic mass is 19.1. The van der Waals surface area contributed by atoms with Crippen molar-refractivity contribution >= 4 is 0 Å². The van der Waals surface area contributed by atoms with Gasteiger partial charge in [0.15, 0.2) is 0 Å². The van der Waals surface area contributed by atoms with Crippen LogP contribution in [0, 0.1) is 12.7 Å². The first kappa shape index (κ1) is 21.0. The van der Waals surface area contributed by atoms with Crippen molar-refractivity contribution in [2.24, 2.45) is 0 Å². The smallest absolute Gasteiger partial charge is 0.333 e. The average Bonchev–Trinajstić information content (AvgIpc) is 3.33. The van der Waals surface area contributed by atoms with Gasteiger partial charge in [-0.15, -0.1) is 5.10 Å². The van der Waals surface area contributed by atoms with Crippen LogP contribution in [0.25, 0.3) is 0 Å². The van der Waals surface area contributed by atoms with Crippen LogP contribution in [-0.2, 0) is 17.8 Å². The Morgan fingerprint density at radius 3 is 2.77 bits per heavy atom. The van der Waals surface area contributed by atoms with E-state index in [2.05, 4.69) is 15.3 Å². The summed E-state index contributed by atoms with van der Waals surface area (Å²) < 4.78 is 22.5. The number of ether oxygens (including phenoxy) is 1. The number of hydrogen-bond donors (Lipinski definition) is 2. The Bertz CT molecular complexity index is 1200. The molecule has 31 heavy (non-hydrogen) atoms. The number of aryl methyl sites for hydroxylation is 1. The summed E-state index contributed by atoms with van der Waals surface area (Å²) in [6.07, 6.45) is 1.86. The average molecular weight is 432 g/mol. The normalized spacial score (nSPS) is 21.0. The first-order valence-electron chi connectivity index (χ1n) is 9.62. The van der Waals surface area contributed by atoms with Gasteiger partial charge in [0.1, 0.15) is 23.8 Å². The topological polar surface area (TPSA) is 137 Å².